The third-order valence-corrected chi connectivity index (χ3v) is 30.8. The number of benzene rings is 6. The average Bonchev–Trinajstić information content (AvgIpc) is 1.06. The van der Waals surface area contributed by atoms with Gasteiger partial charge in [-0.15, -0.1) is 0 Å². The Balaban J connectivity index is 0.000000185. The number of carbonyl (C=O) groups excluding carboxylic acids is 1. The van der Waals surface area contributed by atoms with Crippen molar-refractivity contribution in [1.82, 2.24) is 55.2 Å². The number of sulfone groups is 3. The van der Waals surface area contributed by atoms with Gasteiger partial charge in [0.1, 0.15) is 32.3 Å². The van der Waals surface area contributed by atoms with Crippen LogP contribution in [0.15, 0.2) is 142 Å². The lowest BCUT2D eigenvalue weighted by Crippen LogP contribution is -2.45. The smallest absolute Gasteiger partial charge is 0.251 e. The molecule has 13 rings (SSSR count). The van der Waals surface area contributed by atoms with Gasteiger partial charge in [-0.3, -0.25) is 4.79 Å². The highest BCUT2D eigenvalue weighted by molar-refractivity contribution is 7.92. The first kappa shape index (κ1) is 98.4. The number of aromatic nitrogens is 6. The number of hydrogen-bond donors (Lipinski definition) is 8. The molecule has 0 unspecified atom stereocenters. The fourth-order valence-electron chi connectivity index (χ4n) is 16.2. The second kappa shape index (κ2) is 44.4. The number of carbonyl (C=O) groups is 1. The number of halogens is 3. The van der Waals surface area contributed by atoms with E-state index in [0.29, 0.717) is 81.9 Å². The van der Waals surface area contributed by atoms with Crippen LogP contribution in [-0.4, -0.2) is 189 Å². The number of nitrogens with zero attached hydrogens (tertiary/aromatic N) is 9. The fraction of sp³-hybridized carbons (Fsp3) is 0.479. The number of rotatable bonds is 32. The Hall–Kier alpha value is -9.21. The zero-order valence-corrected chi connectivity index (χ0v) is 80.8. The Morgan fingerprint density at radius 3 is 1.16 bits per heavy atom. The van der Waals surface area contributed by atoms with Gasteiger partial charge in [0.05, 0.1) is 101 Å². The normalized spacial score (nSPS) is 17.3. The third-order valence-electron chi connectivity index (χ3n) is 23.3. The lowest BCUT2D eigenvalue weighted by atomic mass is 9.79. The number of amides is 1. The van der Waals surface area contributed by atoms with E-state index in [1.165, 1.54) is 92.5 Å². The number of aryl methyl sites for hydroxylation is 2. The highest BCUT2D eigenvalue weighted by atomic mass is 35.5. The van der Waals surface area contributed by atoms with E-state index in [-0.39, 0.29) is 65.7 Å². The van der Waals surface area contributed by atoms with Crippen LogP contribution < -0.4 is 56.7 Å². The molecule has 0 bridgehead atoms. The van der Waals surface area contributed by atoms with Crippen LogP contribution in [-0.2, 0) is 35.9 Å². The Morgan fingerprint density at radius 1 is 0.449 bits per heavy atom. The van der Waals surface area contributed by atoms with Crippen LogP contribution in [0.1, 0.15) is 197 Å². The van der Waals surface area contributed by atoms with Gasteiger partial charge in [-0.05, 0) is 307 Å². The second-order valence-electron chi connectivity index (χ2n) is 34.7. The van der Waals surface area contributed by atoms with E-state index >= 15 is 0 Å². The number of likely N-dealkylation sites (N-methyl/N-ethyl adjacent to an activating group) is 1. The average molecular weight is 1860 g/mol. The zero-order valence-electron chi connectivity index (χ0n) is 76.1. The van der Waals surface area contributed by atoms with E-state index in [1.54, 1.807) is 127 Å². The van der Waals surface area contributed by atoms with Gasteiger partial charge in [0.25, 0.3) is 5.91 Å². The standard InChI is InChI=1S/C33H44ClN5O3S.C31H42ClN7O4S.C30H40ClN5O3S/c1-21(2)42-30-19-26(24-12-14-25(15-13-24)39-16-8-9-17-39)23(5)18-29(30)37-33-35-20-27(34)32(38-33)36-28-10-6-7-11-31(28)43(40,41)22(3)4;1-20(2)43-27-17-22(11-12-39-15-13-38(6)14-16-39)23(30(40)33-5)18-26(27)36-31-34-19-24(32)29(37-31)35-25-9-7-8-10-28(25)44(41,42)21(3)4;1-18(2)39-27-16-23(21-11-13-22(32-6)14-12-21)20(5)15-26(27)35-30-33-17-24(31)29(36-30)34-25-9-7-8-10-28(25)40(37,38)19(3)4/h6-7,10-11,18-22,24-25H,8-9,12-17H2,1-5H3,(H2,35,36,37,38);7-10,17-21H,11-16H2,1-6H3,(H,33,40)(H2,34,35,36,37);7-10,15-19,21-22,32H,11-14H2,1-6H3,(H2,33,34,35,36). The van der Waals surface area contributed by atoms with Crippen LogP contribution in [0.2, 0.25) is 15.1 Å². The molecule has 127 heavy (non-hydrogen) atoms. The van der Waals surface area contributed by atoms with Crippen LogP contribution in [0.5, 0.6) is 17.2 Å². The Bertz CT molecular complexity index is 5630. The van der Waals surface area contributed by atoms with E-state index in [1.807, 2.05) is 54.7 Å². The van der Waals surface area contributed by atoms with E-state index in [9.17, 15) is 30.0 Å². The lowest BCUT2D eigenvalue weighted by Gasteiger charge is -2.35. The topological polar surface area (TPSA) is 330 Å². The fourth-order valence-corrected chi connectivity index (χ4v) is 20.2. The Morgan fingerprint density at radius 2 is 0.803 bits per heavy atom. The minimum Gasteiger partial charge on any atom is -0.489 e. The molecule has 4 fully saturated rings. The molecule has 0 radical (unpaired) electrons. The van der Waals surface area contributed by atoms with Crippen molar-refractivity contribution in [2.45, 2.75) is 240 Å². The van der Waals surface area contributed by atoms with Gasteiger partial charge < -0.3 is 71.4 Å². The van der Waals surface area contributed by atoms with Crippen LogP contribution in [0, 0.1) is 13.8 Å². The maximum absolute atomic E-state index is 13.0. The summed E-state index contributed by atoms with van der Waals surface area (Å²) in [5.41, 5.74) is 9.68. The summed E-state index contributed by atoms with van der Waals surface area (Å²) in [4.78, 5) is 47.9. The van der Waals surface area contributed by atoms with Crippen molar-refractivity contribution in [2.24, 2.45) is 0 Å². The molecular formula is C94H126Cl3N17O10S3. The van der Waals surface area contributed by atoms with E-state index in [2.05, 4.69) is 132 Å². The molecule has 2 saturated heterocycles. The minimum absolute atomic E-state index is 0.00946. The maximum atomic E-state index is 13.0. The quantitative estimate of drug-likeness (QED) is 0.0194. The molecule has 3 aromatic heterocycles. The van der Waals surface area contributed by atoms with Crippen molar-refractivity contribution in [3.8, 4) is 17.2 Å². The van der Waals surface area contributed by atoms with Crippen LogP contribution in [0.3, 0.4) is 0 Å². The Labute approximate surface area is 766 Å². The summed E-state index contributed by atoms with van der Waals surface area (Å²) in [5, 5.41) is 24.3. The summed E-state index contributed by atoms with van der Waals surface area (Å²) in [7, 11) is -4.85. The summed E-state index contributed by atoms with van der Waals surface area (Å²) in [6.07, 6.45) is 17.1. The van der Waals surface area contributed by atoms with Crippen molar-refractivity contribution in [3.63, 3.8) is 0 Å². The number of para-hydroxylation sites is 3. The number of piperazine rings is 1. The molecule has 6 aromatic carbocycles. The first-order chi connectivity index (χ1) is 60.4. The largest absolute Gasteiger partial charge is 0.489 e. The monoisotopic (exact) mass is 1850 g/mol. The van der Waals surface area contributed by atoms with Crippen molar-refractivity contribution in [3.05, 3.63) is 176 Å². The van der Waals surface area contributed by atoms with Crippen LogP contribution in [0.25, 0.3) is 0 Å². The van der Waals surface area contributed by atoms with Crippen molar-refractivity contribution < 1.29 is 44.3 Å². The molecule has 2 saturated carbocycles. The summed E-state index contributed by atoms with van der Waals surface area (Å²) in [5.74, 6) is 4.51. The van der Waals surface area contributed by atoms with Gasteiger partial charge >= 0.3 is 0 Å². The molecule has 5 heterocycles. The van der Waals surface area contributed by atoms with Crippen molar-refractivity contribution >= 4 is 140 Å². The van der Waals surface area contributed by atoms with Gasteiger partial charge in [0.2, 0.25) is 17.8 Å². The minimum atomic E-state index is -3.57. The molecule has 9 aromatic rings. The predicted molar refractivity (Wildman–Crippen MR) is 514 cm³/mol. The number of likely N-dealkylation sites (tertiary alicyclic amines) is 1. The summed E-state index contributed by atoms with van der Waals surface area (Å²) in [6, 6.07) is 33.7. The van der Waals surface area contributed by atoms with Crippen molar-refractivity contribution in [2.75, 3.05) is 98.9 Å². The first-order valence-corrected chi connectivity index (χ1v) is 49.9. The highest BCUT2D eigenvalue weighted by Gasteiger charge is 2.33. The maximum Gasteiger partial charge on any atom is 0.251 e. The number of hydrogen-bond acceptors (Lipinski definition) is 26. The number of anilines is 12. The molecule has 2 aliphatic heterocycles. The van der Waals surface area contributed by atoms with Gasteiger partial charge in [-0.1, -0.05) is 71.2 Å². The van der Waals surface area contributed by atoms with Crippen LogP contribution >= 0.6 is 34.8 Å². The van der Waals surface area contributed by atoms with Crippen LogP contribution in [0.4, 0.5) is 69.4 Å². The molecule has 2 aliphatic carbocycles. The lowest BCUT2D eigenvalue weighted by molar-refractivity contribution is 0.0961. The summed E-state index contributed by atoms with van der Waals surface area (Å²) >= 11 is 19.3. The number of nitrogens with one attached hydrogen (secondary N) is 8. The molecule has 8 N–H and O–H groups in total. The molecule has 0 spiro atoms. The predicted octanol–water partition coefficient (Wildman–Crippen LogP) is 19.9. The highest BCUT2D eigenvalue weighted by Crippen LogP contribution is 2.45. The van der Waals surface area contributed by atoms with Gasteiger partial charge in [0.15, 0.2) is 47.0 Å². The molecule has 33 heteroatoms. The van der Waals surface area contributed by atoms with E-state index < -0.39 is 45.3 Å². The van der Waals surface area contributed by atoms with Gasteiger partial charge in [-0.2, -0.15) is 15.0 Å². The molecule has 1 amide bonds. The zero-order chi connectivity index (χ0) is 91.8. The van der Waals surface area contributed by atoms with Crippen molar-refractivity contribution in [1.29, 1.82) is 0 Å². The third kappa shape index (κ3) is 25.7. The molecule has 27 nitrogen and oxygen atoms in total. The summed E-state index contributed by atoms with van der Waals surface area (Å²) in [6.45, 7) is 33.5. The van der Waals surface area contributed by atoms with E-state index in [0.717, 1.165) is 92.9 Å². The van der Waals surface area contributed by atoms with E-state index in [4.69, 9.17) is 49.0 Å². The van der Waals surface area contributed by atoms with Gasteiger partial charge in [-0.25, -0.2) is 40.2 Å². The van der Waals surface area contributed by atoms with Gasteiger partial charge in [0, 0.05) is 57.4 Å². The summed E-state index contributed by atoms with van der Waals surface area (Å²) < 4.78 is 96.5. The second-order valence-corrected chi connectivity index (χ2v) is 43.3. The number of ether oxygens (including phenoxy) is 3. The molecule has 0 atom stereocenters. The first-order valence-electron chi connectivity index (χ1n) is 44.1. The Kier molecular flexibility index (Phi) is 34.4. The molecule has 4 aliphatic rings. The molecular weight excluding hydrogens is 1730 g/mol. The SMILES string of the molecule is CNC(=O)c1cc(Nc2ncc(Cl)c(Nc3ccccc3S(=O)(=O)C(C)C)n2)c(OC(C)C)cc1CCN1CCN(C)CC1.CNC1CCC(c2cc(OC(C)C)c(Nc3ncc(Cl)c(Nc4ccccc4S(=O)(=O)C(C)C)n3)cc2C)CC1.Cc1cc(Nc2ncc(Cl)c(Nc3ccccc3S(=O)(=O)C(C)C)n2)c(OC(C)C)cc1C1CCC(N2CCCC2)CC1. The molecule has 686 valence electrons.